The largest absolute Gasteiger partial charge is 0.497 e. The van der Waals surface area contributed by atoms with Gasteiger partial charge in [-0.15, -0.1) is 11.8 Å². The molecule has 0 spiro atoms. The molecule has 1 aliphatic rings. The SMILES string of the molecule is CCCCCCN1C(=O)NCC(CCOCCOCCOCCN=[N+]=[N-])C1SCC(=O)NCc1ccc(OC)cc1. The van der Waals surface area contributed by atoms with Crippen molar-refractivity contribution in [2.45, 2.75) is 50.9 Å². The summed E-state index contributed by atoms with van der Waals surface area (Å²) in [7, 11) is 1.62. The Bertz CT molecular complexity index is 918. The van der Waals surface area contributed by atoms with Gasteiger partial charge in [-0.05, 0) is 36.1 Å². The first kappa shape index (κ1) is 34.5. The number of azide groups is 1. The second-order valence-corrected chi connectivity index (χ2v) is 10.7. The van der Waals surface area contributed by atoms with E-state index in [1.54, 1.807) is 7.11 Å². The molecule has 0 saturated carbocycles. The lowest BCUT2D eigenvalue weighted by molar-refractivity contribution is -0.118. The van der Waals surface area contributed by atoms with E-state index < -0.39 is 0 Å². The number of thioether (sulfide) groups is 1. The van der Waals surface area contributed by atoms with Gasteiger partial charge in [-0.25, -0.2) is 4.79 Å². The fraction of sp³-hybridized carbons (Fsp3) is 0.714. The molecule has 0 aromatic heterocycles. The Morgan fingerprint density at radius 2 is 1.80 bits per heavy atom. The first-order chi connectivity index (χ1) is 20.1. The standard InChI is InChI=1S/C28H46N6O6S/c1-3-4-5-6-13-34-27(41-22-26(35)30-20-23-7-9-25(37-2)10-8-23)24(21-31-28(34)36)11-14-38-16-18-40-19-17-39-15-12-32-33-29/h7-10,24,27H,3-6,11-22H2,1-2H3,(H,30,35)(H,31,36). The van der Waals surface area contributed by atoms with Crippen molar-refractivity contribution < 1.29 is 28.5 Å². The van der Waals surface area contributed by atoms with Gasteiger partial charge in [0.05, 0.1) is 51.3 Å². The van der Waals surface area contributed by atoms with Crippen LogP contribution in [0, 0.1) is 5.92 Å². The summed E-state index contributed by atoms with van der Waals surface area (Å²) in [4.78, 5) is 30.1. The van der Waals surface area contributed by atoms with Crippen LogP contribution in [0.3, 0.4) is 0 Å². The lowest BCUT2D eigenvalue weighted by atomic mass is 10.0. The summed E-state index contributed by atoms with van der Waals surface area (Å²) in [5, 5.41) is 9.32. The average molecular weight is 595 g/mol. The van der Waals surface area contributed by atoms with E-state index in [2.05, 4.69) is 27.6 Å². The first-order valence-electron chi connectivity index (χ1n) is 14.4. The number of hydrogen-bond acceptors (Lipinski definition) is 8. The van der Waals surface area contributed by atoms with Crippen molar-refractivity contribution in [2.24, 2.45) is 11.0 Å². The summed E-state index contributed by atoms with van der Waals surface area (Å²) in [5.74, 6) is 1.15. The molecule has 1 heterocycles. The van der Waals surface area contributed by atoms with E-state index in [4.69, 9.17) is 24.5 Å². The maximum Gasteiger partial charge on any atom is 0.318 e. The van der Waals surface area contributed by atoms with Gasteiger partial charge in [0.15, 0.2) is 0 Å². The summed E-state index contributed by atoms with van der Waals surface area (Å²) in [6.45, 7) is 6.86. The van der Waals surface area contributed by atoms with Gasteiger partial charge in [0.25, 0.3) is 0 Å². The number of carbonyl (C=O) groups excluding carboxylic acids is 2. The van der Waals surface area contributed by atoms with Gasteiger partial charge in [0.2, 0.25) is 5.91 Å². The number of nitrogens with zero attached hydrogens (tertiary/aromatic N) is 4. The number of amides is 3. The van der Waals surface area contributed by atoms with Crippen LogP contribution < -0.4 is 15.4 Å². The zero-order valence-electron chi connectivity index (χ0n) is 24.4. The molecule has 41 heavy (non-hydrogen) atoms. The molecule has 0 bridgehead atoms. The molecule has 230 valence electrons. The molecular weight excluding hydrogens is 548 g/mol. The quantitative estimate of drug-likeness (QED) is 0.0829. The number of carbonyl (C=O) groups is 2. The molecule has 13 heteroatoms. The highest BCUT2D eigenvalue weighted by molar-refractivity contribution is 8.00. The monoisotopic (exact) mass is 594 g/mol. The molecular formula is C28H46N6O6S. The highest BCUT2D eigenvalue weighted by Gasteiger charge is 2.35. The molecule has 1 saturated heterocycles. The van der Waals surface area contributed by atoms with Gasteiger partial charge in [0.1, 0.15) is 5.75 Å². The number of hydrogen-bond donors (Lipinski definition) is 2. The number of nitrogens with one attached hydrogen (secondary N) is 2. The van der Waals surface area contributed by atoms with Gasteiger partial charge in [-0.2, -0.15) is 0 Å². The van der Waals surface area contributed by atoms with Crippen molar-refractivity contribution in [1.82, 2.24) is 15.5 Å². The minimum atomic E-state index is -0.0977. The lowest BCUT2D eigenvalue weighted by Crippen LogP contribution is -2.56. The predicted molar refractivity (Wildman–Crippen MR) is 160 cm³/mol. The van der Waals surface area contributed by atoms with Crippen LogP contribution in [-0.4, -0.2) is 94.4 Å². The summed E-state index contributed by atoms with van der Waals surface area (Å²) in [6, 6.07) is 7.54. The van der Waals surface area contributed by atoms with Crippen LogP contribution in [0.1, 0.15) is 44.6 Å². The molecule has 3 amide bonds. The molecule has 0 radical (unpaired) electrons. The van der Waals surface area contributed by atoms with Crippen LogP contribution in [-0.2, 0) is 25.5 Å². The molecule has 2 atom stereocenters. The smallest absolute Gasteiger partial charge is 0.318 e. The van der Waals surface area contributed by atoms with Crippen LogP contribution in [0.2, 0.25) is 0 Å². The summed E-state index contributed by atoms with van der Waals surface area (Å²) in [6.07, 6.45) is 5.05. The first-order valence-corrected chi connectivity index (χ1v) is 15.4. The second-order valence-electron chi connectivity index (χ2n) is 9.61. The zero-order valence-corrected chi connectivity index (χ0v) is 25.2. The van der Waals surface area contributed by atoms with E-state index >= 15 is 0 Å². The fourth-order valence-corrected chi connectivity index (χ4v) is 5.59. The third-order valence-electron chi connectivity index (χ3n) is 6.55. The Morgan fingerprint density at radius 3 is 2.49 bits per heavy atom. The third-order valence-corrected chi connectivity index (χ3v) is 7.96. The van der Waals surface area contributed by atoms with Crippen molar-refractivity contribution in [3.8, 4) is 5.75 Å². The predicted octanol–water partition coefficient (Wildman–Crippen LogP) is 4.34. The Labute approximate surface area is 247 Å². The fourth-order valence-electron chi connectivity index (χ4n) is 4.28. The minimum absolute atomic E-state index is 0.0587. The highest BCUT2D eigenvalue weighted by atomic mass is 32.2. The van der Waals surface area contributed by atoms with Crippen LogP contribution in [0.4, 0.5) is 4.79 Å². The number of benzene rings is 1. The van der Waals surface area contributed by atoms with E-state index in [1.807, 2.05) is 29.2 Å². The number of urea groups is 1. The maximum absolute atomic E-state index is 12.8. The molecule has 12 nitrogen and oxygen atoms in total. The third kappa shape index (κ3) is 14.7. The molecule has 1 fully saturated rings. The van der Waals surface area contributed by atoms with E-state index in [0.29, 0.717) is 65.8 Å². The summed E-state index contributed by atoms with van der Waals surface area (Å²) in [5.41, 5.74) is 9.22. The topological polar surface area (TPSA) is 147 Å². The second kappa shape index (κ2) is 22.0. The molecule has 1 aromatic carbocycles. The van der Waals surface area contributed by atoms with Crippen LogP contribution in [0.15, 0.2) is 29.4 Å². The average Bonchev–Trinajstić information content (AvgIpc) is 2.99. The van der Waals surface area contributed by atoms with E-state index in [-0.39, 0.29) is 29.0 Å². The molecule has 1 aromatic rings. The van der Waals surface area contributed by atoms with Crippen LogP contribution in [0.25, 0.3) is 10.4 Å². The highest BCUT2D eigenvalue weighted by Crippen LogP contribution is 2.29. The van der Waals surface area contributed by atoms with Crippen molar-refractivity contribution in [3.63, 3.8) is 0 Å². The molecule has 0 aliphatic carbocycles. The van der Waals surface area contributed by atoms with Gasteiger partial charge in [-0.1, -0.05) is 43.4 Å². The van der Waals surface area contributed by atoms with Crippen molar-refractivity contribution in [3.05, 3.63) is 40.3 Å². The minimum Gasteiger partial charge on any atom is -0.497 e. The molecule has 2 rings (SSSR count). The van der Waals surface area contributed by atoms with Crippen LogP contribution >= 0.6 is 11.8 Å². The van der Waals surface area contributed by atoms with E-state index in [9.17, 15) is 9.59 Å². The maximum atomic E-state index is 12.8. The Balaban J connectivity index is 1.78. The van der Waals surface area contributed by atoms with E-state index in [0.717, 1.165) is 43.4 Å². The molecule has 1 aliphatic heterocycles. The summed E-state index contributed by atoms with van der Waals surface area (Å²) < 4.78 is 21.8. The van der Waals surface area contributed by atoms with Gasteiger partial charge < -0.3 is 34.5 Å². The number of methoxy groups -OCH3 is 1. The van der Waals surface area contributed by atoms with Gasteiger partial charge >= 0.3 is 6.03 Å². The molecule has 2 unspecified atom stereocenters. The zero-order chi connectivity index (χ0) is 29.5. The Hall–Kier alpha value is -2.70. The van der Waals surface area contributed by atoms with Crippen molar-refractivity contribution in [1.29, 1.82) is 0 Å². The van der Waals surface area contributed by atoms with Crippen molar-refractivity contribution in [2.75, 3.05) is 72.1 Å². The summed E-state index contributed by atoms with van der Waals surface area (Å²) >= 11 is 1.53. The normalized spacial score (nSPS) is 16.6. The van der Waals surface area contributed by atoms with Gasteiger partial charge in [-0.3, -0.25) is 4.79 Å². The van der Waals surface area contributed by atoms with E-state index in [1.165, 1.54) is 11.8 Å². The Morgan fingerprint density at radius 1 is 1.10 bits per heavy atom. The van der Waals surface area contributed by atoms with Crippen LogP contribution in [0.5, 0.6) is 5.75 Å². The number of ether oxygens (including phenoxy) is 4. The number of rotatable bonds is 23. The lowest BCUT2D eigenvalue weighted by Gasteiger charge is -2.41. The molecule has 2 N–H and O–H groups in total. The van der Waals surface area contributed by atoms with Gasteiger partial charge in [0, 0.05) is 43.6 Å². The Kier molecular flexibility index (Phi) is 18.5. The van der Waals surface area contributed by atoms with Crippen molar-refractivity contribution >= 4 is 23.7 Å². The number of unbranched alkanes of at least 4 members (excludes halogenated alkanes) is 3.